The van der Waals surface area contributed by atoms with E-state index < -0.39 is 0 Å². The summed E-state index contributed by atoms with van der Waals surface area (Å²) in [5.41, 5.74) is 13.4. The molecule has 3 aliphatic rings. The minimum Gasteiger partial charge on any atom is -0.423 e. The highest BCUT2D eigenvalue weighted by molar-refractivity contribution is 5.88. The van der Waals surface area contributed by atoms with E-state index in [9.17, 15) is 0 Å². The van der Waals surface area contributed by atoms with E-state index in [0.717, 1.165) is 48.0 Å². The summed E-state index contributed by atoms with van der Waals surface area (Å²) in [4.78, 5) is 16.4. The smallest absolute Gasteiger partial charge is 0.324 e. The van der Waals surface area contributed by atoms with E-state index in [1.54, 1.807) is 6.20 Å². The first-order valence-corrected chi connectivity index (χ1v) is 10.9. The molecule has 3 heterocycles. The number of anilines is 2. The van der Waals surface area contributed by atoms with E-state index >= 15 is 0 Å². The van der Waals surface area contributed by atoms with Crippen LogP contribution in [0.5, 0.6) is 11.8 Å². The number of hydrogen-bond acceptors (Lipinski definition) is 7. The molecule has 0 bridgehead atoms. The van der Waals surface area contributed by atoms with Crippen LogP contribution in [-0.4, -0.2) is 41.1 Å². The lowest BCUT2D eigenvalue weighted by molar-refractivity contribution is 0.438. The Kier molecular flexibility index (Phi) is 3.99. The van der Waals surface area contributed by atoms with Crippen molar-refractivity contribution in [2.45, 2.75) is 32.2 Å². The summed E-state index contributed by atoms with van der Waals surface area (Å²) in [6.45, 7) is 3.72. The van der Waals surface area contributed by atoms with Crippen molar-refractivity contribution in [3.05, 3.63) is 53.5 Å². The molecule has 1 saturated carbocycles. The molecular weight excluding hydrogens is 388 g/mol. The molecule has 0 radical (unpaired) electrons. The molecule has 1 atom stereocenters. The highest BCUT2D eigenvalue weighted by atomic mass is 16.5. The molecule has 1 aromatic carbocycles. The third-order valence-electron chi connectivity index (χ3n) is 7.00. The van der Waals surface area contributed by atoms with Crippen LogP contribution in [0.4, 0.5) is 11.5 Å². The van der Waals surface area contributed by atoms with Crippen LogP contribution in [0.1, 0.15) is 29.8 Å². The Balaban J connectivity index is 1.46. The van der Waals surface area contributed by atoms with Gasteiger partial charge in [-0.05, 0) is 49.1 Å². The number of aryl methyl sites for hydroxylation is 1. The zero-order valence-electron chi connectivity index (χ0n) is 17.9. The maximum Gasteiger partial charge on any atom is 0.324 e. The van der Waals surface area contributed by atoms with Gasteiger partial charge in [-0.2, -0.15) is 9.97 Å². The van der Waals surface area contributed by atoms with Crippen molar-refractivity contribution in [2.24, 2.45) is 11.1 Å². The molecule has 3 N–H and O–H groups in total. The van der Waals surface area contributed by atoms with Gasteiger partial charge in [0, 0.05) is 55.0 Å². The summed E-state index contributed by atoms with van der Waals surface area (Å²) in [6, 6.07) is 10.7. The van der Waals surface area contributed by atoms with Gasteiger partial charge in [0.05, 0.1) is 11.9 Å². The average Bonchev–Trinajstić information content (AvgIpc) is 3.35. The van der Waals surface area contributed by atoms with E-state index in [-0.39, 0.29) is 11.5 Å². The second-order valence-electron chi connectivity index (χ2n) is 9.00. The minimum absolute atomic E-state index is 0.188. The first-order chi connectivity index (χ1) is 15.1. The predicted octanol–water partition coefficient (Wildman–Crippen LogP) is 3.51. The Morgan fingerprint density at radius 1 is 1.19 bits per heavy atom. The van der Waals surface area contributed by atoms with E-state index in [1.807, 2.05) is 26.1 Å². The van der Waals surface area contributed by atoms with Gasteiger partial charge < -0.3 is 20.7 Å². The molecule has 31 heavy (non-hydrogen) atoms. The topological polar surface area (TPSA) is 89.2 Å². The van der Waals surface area contributed by atoms with Crippen molar-refractivity contribution >= 4 is 11.5 Å². The Morgan fingerprint density at radius 2 is 2.06 bits per heavy atom. The quantitative estimate of drug-likeness (QED) is 0.528. The van der Waals surface area contributed by atoms with Gasteiger partial charge in [-0.15, -0.1) is 0 Å². The fourth-order valence-electron chi connectivity index (χ4n) is 5.03. The van der Waals surface area contributed by atoms with Crippen LogP contribution >= 0.6 is 0 Å². The molecule has 2 fully saturated rings. The normalized spacial score (nSPS) is 20.0. The molecule has 7 nitrogen and oxygen atoms in total. The molecule has 0 amide bonds. The molecule has 0 unspecified atom stereocenters. The Hall–Kier alpha value is -3.19. The number of nitrogens with zero attached hydrogens (tertiary/aromatic N) is 4. The SMILES string of the molecule is CNc1cccc2c1Cc1nc(Oc3ccc(C)nc3)nc(N3C[C@H](N)C4(CC4)C3)c1-2. The molecule has 1 aliphatic heterocycles. The van der Waals surface area contributed by atoms with Gasteiger partial charge in [0.15, 0.2) is 0 Å². The molecule has 1 saturated heterocycles. The van der Waals surface area contributed by atoms with Gasteiger partial charge in [0.2, 0.25) is 0 Å². The van der Waals surface area contributed by atoms with Crippen molar-refractivity contribution in [3.8, 4) is 22.9 Å². The van der Waals surface area contributed by atoms with Gasteiger partial charge in [0.1, 0.15) is 11.6 Å². The number of nitrogens with one attached hydrogen (secondary N) is 1. The number of hydrogen-bond donors (Lipinski definition) is 2. The monoisotopic (exact) mass is 414 g/mol. The first-order valence-electron chi connectivity index (χ1n) is 10.9. The molecule has 2 aromatic heterocycles. The zero-order valence-corrected chi connectivity index (χ0v) is 17.9. The van der Waals surface area contributed by atoms with E-state index in [1.165, 1.54) is 24.0 Å². The largest absolute Gasteiger partial charge is 0.423 e. The fourth-order valence-corrected chi connectivity index (χ4v) is 5.03. The number of aromatic nitrogens is 3. The van der Waals surface area contributed by atoms with Gasteiger partial charge >= 0.3 is 6.01 Å². The summed E-state index contributed by atoms with van der Waals surface area (Å²) in [6.07, 6.45) is 4.88. The third-order valence-corrected chi connectivity index (χ3v) is 7.00. The highest BCUT2D eigenvalue weighted by Crippen LogP contribution is 2.54. The molecule has 158 valence electrons. The average molecular weight is 415 g/mol. The standard InChI is InChI=1S/C24H26N6O/c1-14-6-7-15(11-27-14)31-23-28-19-10-17-16(4-3-5-18(17)26-2)21(19)22(29-23)30-12-20(25)24(13-30)8-9-24/h3-7,11,20,26H,8-10,12-13,25H2,1-2H3/t20-/m0/s1. The summed E-state index contributed by atoms with van der Waals surface area (Å²) in [7, 11) is 1.96. The Bertz CT molecular complexity index is 1170. The number of nitrogens with two attached hydrogens (primary N) is 1. The summed E-state index contributed by atoms with van der Waals surface area (Å²) in [5, 5.41) is 3.32. The van der Waals surface area contributed by atoms with Gasteiger partial charge in [0.25, 0.3) is 0 Å². The van der Waals surface area contributed by atoms with Crippen LogP contribution in [0.25, 0.3) is 11.1 Å². The van der Waals surface area contributed by atoms with Crippen LogP contribution in [0.15, 0.2) is 36.5 Å². The van der Waals surface area contributed by atoms with Gasteiger partial charge in [-0.1, -0.05) is 12.1 Å². The predicted molar refractivity (Wildman–Crippen MR) is 121 cm³/mol. The first kappa shape index (κ1) is 18.6. The van der Waals surface area contributed by atoms with Crippen LogP contribution in [-0.2, 0) is 6.42 Å². The van der Waals surface area contributed by atoms with Crippen molar-refractivity contribution in [1.82, 2.24) is 15.0 Å². The second-order valence-corrected chi connectivity index (χ2v) is 9.00. The van der Waals surface area contributed by atoms with Gasteiger partial charge in [-0.25, -0.2) is 0 Å². The van der Waals surface area contributed by atoms with Crippen molar-refractivity contribution in [2.75, 3.05) is 30.4 Å². The molecule has 7 heteroatoms. The van der Waals surface area contributed by atoms with Crippen LogP contribution in [0, 0.1) is 12.3 Å². The molecule has 6 rings (SSSR count). The van der Waals surface area contributed by atoms with Crippen molar-refractivity contribution in [3.63, 3.8) is 0 Å². The summed E-state index contributed by atoms with van der Waals surface area (Å²) >= 11 is 0. The van der Waals surface area contributed by atoms with E-state index in [2.05, 4.69) is 33.4 Å². The molecular formula is C24H26N6O. The van der Waals surface area contributed by atoms with Crippen molar-refractivity contribution in [1.29, 1.82) is 0 Å². The van der Waals surface area contributed by atoms with Crippen LogP contribution in [0.2, 0.25) is 0 Å². The number of ether oxygens (including phenoxy) is 1. The van der Waals surface area contributed by atoms with Crippen LogP contribution in [0.3, 0.4) is 0 Å². The summed E-state index contributed by atoms with van der Waals surface area (Å²) in [5.74, 6) is 1.58. The minimum atomic E-state index is 0.188. The maximum atomic E-state index is 6.53. The Labute approximate surface area is 181 Å². The number of benzene rings is 1. The Morgan fingerprint density at radius 3 is 2.77 bits per heavy atom. The molecule has 2 aliphatic carbocycles. The van der Waals surface area contributed by atoms with Gasteiger partial charge in [-0.3, -0.25) is 4.98 Å². The lowest BCUT2D eigenvalue weighted by atomic mass is 10.0. The van der Waals surface area contributed by atoms with Crippen LogP contribution < -0.4 is 20.7 Å². The zero-order chi connectivity index (χ0) is 21.2. The number of rotatable bonds is 4. The third kappa shape index (κ3) is 2.95. The van der Waals surface area contributed by atoms with E-state index in [4.69, 9.17) is 20.4 Å². The molecule has 3 aromatic rings. The lowest BCUT2D eigenvalue weighted by Crippen LogP contribution is -2.30. The maximum absolute atomic E-state index is 6.53. The highest BCUT2D eigenvalue weighted by Gasteiger charge is 2.54. The summed E-state index contributed by atoms with van der Waals surface area (Å²) < 4.78 is 6.05. The van der Waals surface area contributed by atoms with E-state index in [0.29, 0.717) is 11.8 Å². The lowest BCUT2D eigenvalue weighted by Gasteiger charge is -2.21. The van der Waals surface area contributed by atoms with Crippen molar-refractivity contribution < 1.29 is 4.74 Å². The second kappa shape index (κ2) is 6.65. The number of fused-ring (bicyclic) bond motifs is 3. The number of pyridine rings is 1. The molecule has 1 spiro atoms. The fraction of sp³-hybridized carbons (Fsp3) is 0.375.